The number of hydrogen-bond donors (Lipinski definition) is 1. The van der Waals surface area contributed by atoms with Crippen LogP contribution in [0.25, 0.3) is 0 Å². The van der Waals surface area contributed by atoms with E-state index in [1.54, 1.807) is 0 Å². The minimum absolute atomic E-state index is 0.0885. The molecule has 0 radical (unpaired) electrons. The van der Waals surface area contributed by atoms with E-state index in [0.29, 0.717) is 24.6 Å². The van der Waals surface area contributed by atoms with Gasteiger partial charge < -0.3 is 10.1 Å². The van der Waals surface area contributed by atoms with Gasteiger partial charge in [0.15, 0.2) is 0 Å². The van der Waals surface area contributed by atoms with Crippen LogP contribution in [-0.4, -0.2) is 29.7 Å². The van der Waals surface area contributed by atoms with Crippen LogP contribution in [0.3, 0.4) is 0 Å². The van der Waals surface area contributed by atoms with Gasteiger partial charge >= 0.3 is 0 Å². The third-order valence-electron chi connectivity index (χ3n) is 3.33. The molecule has 0 aliphatic carbocycles. The van der Waals surface area contributed by atoms with Gasteiger partial charge in [-0.3, -0.25) is 0 Å². The normalized spacial score (nSPS) is 19.8. The topological polar surface area (TPSA) is 47.0 Å². The molecule has 0 spiro atoms. The molecule has 0 bridgehead atoms. The highest BCUT2D eigenvalue weighted by Crippen LogP contribution is 2.18. The first-order chi connectivity index (χ1) is 8.81. The number of nitrogens with zero attached hydrogens (tertiary/aromatic N) is 2. The first-order valence-electron chi connectivity index (χ1n) is 6.64. The van der Waals surface area contributed by atoms with Gasteiger partial charge in [-0.05, 0) is 44.7 Å². The molecule has 1 N–H and O–H groups in total. The maximum absolute atomic E-state index is 13.8. The zero-order chi connectivity index (χ0) is 12.8. The van der Waals surface area contributed by atoms with Crippen LogP contribution in [0.2, 0.25) is 0 Å². The Labute approximate surface area is 107 Å². The van der Waals surface area contributed by atoms with Crippen LogP contribution in [0.15, 0.2) is 6.33 Å². The maximum Gasteiger partial charge on any atom is 0.253 e. The van der Waals surface area contributed by atoms with Crippen molar-refractivity contribution in [2.45, 2.75) is 32.6 Å². The summed E-state index contributed by atoms with van der Waals surface area (Å²) in [6, 6.07) is 0. The Morgan fingerprint density at radius 2 is 2.39 bits per heavy atom. The van der Waals surface area contributed by atoms with E-state index in [4.69, 9.17) is 4.74 Å². The molecule has 100 valence electrons. The molecule has 2 rings (SSSR count). The molecule has 1 aromatic rings. The fraction of sp³-hybridized carbons (Fsp3) is 0.692. The summed E-state index contributed by atoms with van der Waals surface area (Å²) < 4.78 is 19.2. The number of hydrogen-bond acceptors (Lipinski definition) is 4. The van der Waals surface area contributed by atoms with Crippen LogP contribution in [-0.2, 0) is 6.42 Å². The number of aryl methyl sites for hydroxylation is 1. The second-order valence-corrected chi connectivity index (χ2v) is 4.64. The van der Waals surface area contributed by atoms with E-state index in [0.717, 1.165) is 19.5 Å². The third-order valence-corrected chi connectivity index (χ3v) is 3.33. The smallest absolute Gasteiger partial charge is 0.253 e. The monoisotopic (exact) mass is 253 g/mol. The highest BCUT2D eigenvalue weighted by atomic mass is 19.1. The number of rotatable bonds is 5. The van der Waals surface area contributed by atoms with E-state index in [-0.39, 0.29) is 5.88 Å². The van der Waals surface area contributed by atoms with Gasteiger partial charge in [0.2, 0.25) is 5.82 Å². The van der Waals surface area contributed by atoms with Gasteiger partial charge in [-0.2, -0.15) is 9.37 Å². The van der Waals surface area contributed by atoms with Crippen molar-refractivity contribution >= 4 is 0 Å². The largest absolute Gasteiger partial charge is 0.475 e. The number of piperidine rings is 1. The Kier molecular flexibility index (Phi) is 4.87. The molecule has 2 heterocycles. The number of halogens is 1. The first-order valence-corrected chi connectivity index (χ1v) is 6.64. The predicted octanol–water partition coefficient (Wildman–Crippen LogP) is 1.95. The fourth-order valence-electron chi connectivity index (χ4n) is 2.23. The van der Waals surface area contributed by atoms with Crippen LogP contribution >= 0.6 is 0 Å². The van der Waals surface area contributed by atoms with Crippen molar-refractivity contribution < 1.29 is 9.13 Å². The Bertz CT molecular complexity index is 380. The highest BCUT2D eigenvalue weighted by molar-refractivity contribution is 5.16. The molecule has 4 nitrogen and oxygen atoms in total. The molecule has 0 amide bonds. The van der Waals surface area contributed by atoms with E-state index < -0.39 is 5.82 Å². The van der Waals surface area contributed by atoms with Gasteiger partial charge in [0, 0.05) is 0 Å². The van der Waals surface area contributed by atoms with Crippen LogP contribution in [0.5, 0.6) is 5.88 Å². The van der Waals surface area contributed by atoms with E-state index in [1.807, 2.05) is 6.92 Å². The minimum Gasteiger partial charge on any atom is -0.475 e. The molecule has 1 aromatic heterocycles. The maximum atomic E-state index is 13.8. The third kappa shape index (κ3) is 3.38. The SMILES string of the molecule is CCc1ncnc(OCCC2CCCNC2)c1F. The molecule has 18 heavy (non-hydrogen) atoms. The lowest BCUT2D eigenvalue weighted by Gasteiger charge is -2.22. The summed E-state index contributed by atoms with van der Waals surface area (Å²) in [6.45, 7) is 4.53. The van der Waals surface area contributed by atoms with Gasteiger partial charge in [0.1, 0.15) is 6.33 Å². The fourth-order valence-corrected chi connectivity index (χ4v) is 2.23. The minimum atomic E-state index is -0.415. The molecule has 1 unspecified atom stereocenters. The molecule has 0 saturated carbocycles. The van der Waals surface area contributed by atoms with Crippen LogP contribution in [0, 0.1) is 11.7 Å². The van der Waals surface area contributed by atoms with Gasteiger partial charge in [-0.25, -0.2) is 4.98 Å². The molecular formula is C13H20FN3O. The quantitative estimate of drug-likeness (QED) is 0.871. The van der Waals surface area contributed by atoms with E-state index in [2.05, 4.69) is 15.3 Å². The first kappa shape index (κ1) is 13.2. The van der Waals surface area contributed by atoms with E-state index in [9.17, 15) is 4.39 Å². The van der Waals surface area contributed by atoms with Crippen LogP contribution in [0.1, 0.15) is 31.9 Å². The van der Waals surface area contributed by atoms with Crippen molar-refractivity contribution in [3.05, 3.63) is 17.8 Å². The van der Waals surface area contributed by atoms with Crippen LogP contribution in [0.4, 0.5) is 4.39 Å². The van der Waals surface area contributed by atoms with Gasteiger partial charge in [0.05, 0.1) is 12.3 Å². The molecule has 1 atom stereocenters. The number of aromatic nitrogens is 2. The van der Waals surface area contributed by atoms with E-state index >= 15 is 0 Å². The predicted molar refractivity (Wildman–Crippen MR) is 67.1 cm³/mol. The summed E-state index contributed by atoms with van der Waals surface area (Å²) in [5, 5.41) is 3.36. The molecule has 1 aliphatic rings. The summed E-state index contributed by atoms with van der Waals surface area (Å²) in [5.41, 5.74) is 0.416. The van der Waals surface area contributed by atoms with Gasteiger partial charge in [-0.1, -0.05) is 6.92 Å². The summed E-state index contributed by atoms with van der Waals surface area (Å²) in [5.74, 6) is 0.307. The average molecular weight is 253 g/mol. The zero-order valence-electron chi connectivity index (χ0n) is 10.8. The Morgan fingerprint density at radius 1 is 1.50 bits per heavy atom. The molecule has 1 saturated heterocycles. The lowest BCUT2D eigenvalue weighted by atomic mass is 9.97. The molecular weight excluding hydrogens is 233 g/mol. The van der Waals surface area contributed by atoms with Crippen molar-refractivity contribution in [2.75, 3.05) is 19.7 Å². The molecule has 5 heteroatoms. The average Bonchev–Trinajstić information content (AvgIpc) is 2.42. The Morgan fingerprint density at radius 3 is 3.11 bits per heavy atom. The standard InChI is InChI=1S/C13H20FN3O/c1-2-11-12(14)13(17-9-16-11)18-7-5-10-4-3-6-15-8-10/h9-10,15H,2-8H2,1H3. The summed E-state index contributed by atoms with van der Waals surface area (Å²) in [4.78, 5) is 7.72. The lowest BCUT2D eigenvalue weighted by Crippen LogP contribution is -2.30. The van der Waals surface area contributed by atoms with Crippen molar-refractivity contribution in [3.63, 3.8) is 0 Å². The summed E-state index contributed by atoms with van der Waals surface area (Å²) >= 11 is 0. The number of ether oxygens (including phenoxy) is 1. The molecule has 1 aliphatic heterocycles. The van der Waals surface area contributed by atoms with Crippen molar-refractivity contribution in [1.29, 1.82) is 0 Å². The second kappa shape index (κ2) is 6.64. The highest BCUT2D eigenvalue weighted by Gasteiger charge is 2.14. The van der Waals surface area contributed by atoms with Crippen molar-refractivity contribution in [1.82, 2.24) is 15.3 Å². The Balaban J connectivity index is 1.82. The van der Waals surface area contributed by atoms with Crippen molar-refractivity contribution in [2.24, 2.45) is 5.92 Å². The summed E-state index contributed by atoms with van der Waals surface area (Å²) in [6.07, 6.45) is 5.30. The molecule has 1 fully saturated rings. The zero-order valence-corrected chi connectivity index (χ0v) is 10.8. The van der Waals surface area contributed by atoms with Crippen molar-refractivity contribution in [3.8, 4) is 5.88 Å². The van der Waals surface area contributed by atoms with Gasteiger partial charge in [0.25, 0.3) is 5.88 Å². The number of nitrogens with one attached hydrogen (secondary N) is 1. The van der Waals surface area contributed by atoms with Crippen LogP contribution < -0.4 is 10.1 Å². The lowest BCUT2D eigenvalue weighted by molar-refractivity contribution is 0.237. The second-order valence-electron chi connectivity index (χ2n) is 4.64. The van der Waals surface area contributed by atoms with Gasteiger partial charge in [-0.15, -0.1) is 0 Å². The van der Waals surface area contributed by atoms with E-state index in [1.165, 1.54) is 19.2 Å². The Hall–Kier alpha value is -1.23. The molecule has 0 aromatic carbocycles. The summed E-state index contributed by atoms with van der Waals surface area (Å²) in [7, 11) is 0.